The van der Waals surface area contributed by atoms with E-state index in [0.29, 0.717) is 19.6 Å². The zero-order valence-electron chi connectivity index (χ0n) is 13.8. The van der Waals surface area contributed by atoms with Crippen molar-refractivity contribution in [3.8, 4) is 0 Å². The zero-order valence-corrected chi connectivity index (χ0v) is 13.8. The van der Waals surface area contributed by atoms with Gasteiger partial charge in [-0.2, -0.15) is 0 Å². The maximum absolute atomic E-state index is 11.9. The molecule has 0 aliphatic carbocycles. The Labute approximate surface area is 146 Å². The summed E-state index contributed by atoms with van der Waals surface area (Å²) in [6.45, 7) is 1.38. The minimum atomic E-state index is -0.504. The maximum Gasteiger partial charge on any atom is 0.410 e. The molecule has 0 bridgehead atoms. The second kappa shape index (κ2) is 8.19. The molecule has 0 saturated carbocycles. The first-order valence-corrected chi connectivity index (χ1v) is 8.17. The van der Waals surface area contributed by atoms with Crippen LogP contribution < -0.4 is 5.32 Å². The van der Waals surface area contributed by atoms with E-state index in [4.69, 9.17) is 9.47 Å². The van der Waals surface area contributed by atoms with Gasteiger partial charge >= 0.3 is 12.2 Å². The summed E-state index contributed by atoms with van der Waals surface area (Å²) in [4.78, 5) is 25.2. The van der Waals surface area contributed by atoms with Gasteiger partial charge in [0, 0.05) is 13.1 Å². The molecule has 1 unspecified atom stereocenters. The Morgan fingerprint density at radius 2 is 1.80 bits per heavy atom. The largest absolute Gasteiger partial charge is 0.445 e. The molecule has 1 saturated heterocycles. The second-order valence-electron chi connectivity index (χ2n) is 5.72. The SMILES string of the molecule is O=C(NCCN1CC(c2ccccc2)OC1=O)OCc1ccccc1. The molecule has 1 fully saturated rings. The van der Waals surface area contributed by atoms with Crippen LogP contribution >= 0.6 is 0 Å². The van der Waals surface area contributed by atoms with E-state index in [2.05, 4.69) is 5.32 Å². The number of rotatable bonds is 6. The molecule has 0 spiro atoms. The molecule has 25 heavy (non-hydrogen) atoms. The van der Waals surface area contributed by atoms with Crippen LogP contribution in [0.3, 0.4) is 0 Å². The van der Waals surface area contributed by atoms with Gasteiger partial charge in [-0.05, 0) is 11.1 Å². The van der Waals surface area contributed by atoms with Crippen LogP contribution in [0.5, 0.6) is 0 Å². The number of amides is 2. The highest BCUT2D eigenvalue weighted by atomic mass is 16.6. The molecule has 2 aromatic carbocycles. The fourth-order valence-electron chi connectivity index (χ4n) is 2.60. The number of nitrogens with one attached hydrogen (secondary N) is 1. The third kappa shape index (κ3) is 4.73. The summed E-state index contributed by atoms with van der Waals surface area (Å²) >= 11 is 0. The van der Waals surface area contributed by atoms with Crippen molar-refractivity contribution in [2.45, 2.75) is 12.7 Å². The van der Waals surface area contributed by atoms with Crippen molar-refractivity contribution in [2.24, 2.45) is 0 Å². The Balaban J connectivity index is 1.38. The molecule has 1 aliphatic heterocycles. The Kier molecular flexibility index (Phi) is 5.51. The lowest BCUT2D eigenvalue weighted by Crippen LogP contribution is -2.35. The van der Waals surface area contributed by atoms with Gasteiger partial charge in [0.05, 0.1) is 6.54 Å². The van der Waals surface area contributed by atoms with Crippen LogP contribution in [0.25, 0.3) is 0 Å². The maximum atomic E-state index is 11.9. The molecule has 130 valence electrons. The van der Waals surface area contributed by atoms with Gasteiger partial charge < -0.3 is 19.7 Å². The molecule has 6 nitrogen and oxygen atoms in total. The Morgan fingerprint density at radius 3 is 2.52 bits per heavy atom. The third-order valence-electron chi connectivity index (χ3n) is 3.92. The van der Waals surface area contributed by atoms with Crippen molar-refractivity contribution in [1.29, 1.82) is 0 Å². The number of hydrogen-bond donors (Lipinski definition) is 1. The highest BCUT2D eigenvalue weighted by molar-refractivity contribution is 5.70. The molecule has 1 N–H and O–H groups in total. The van der Waals surface area contributed by atoms with E-state index < -0.39 is 6.09 Å². The van der Waals surface area contributed by atoms with Crippen LogP contribution in [0.2, 0.25) is 0 Å². The minimum Gasteiger partial charge on any atom is -0.445 e. The van der Waals surface area contributed by atoms with Crippen LogP contribution in [0.15, 0.2) is 60.7 Å². The lowest BCUT2D eigenvalue weighted by atomic mass is 10.1. The summed E-state index contributed by atoms with van der Waals surface area (Å²) in [7, 11) is 0. The minimum absolute atomic E-state index is 0.217. The van der Waals surface area contributed by atoms with E-state index in [0.717, 1.165) is 11.1 Å². The Hall–Kier alpha value is -3.02. The fourth-order valence-corrected chi connectivity index (χ4v) is 2.60. The van der Waals surface area contributed by atoms with E-state index in [9.17, 15) is 9.59 Å². The van der Waals surface area contributed by atoms with Gasteiger partial charge in [-0.1, -0.05) is 60.7 Å². The van der Waals surface area contributed by atoms with Gasteiger partial charge in [0.1, 0.15) is 12.7 Å². The van der Waals surface area contributed by atoms with E-state index in [1.54, 1.807) is 4.90 Å². The van der Waals surface area contributed by atoms with E-state index in [1.807, 2.05) is 60.7 Å². The fraction of sp³-hybridized carbons (Fsp3) is 0.263. The van der Waals surface area contributed by atoms with Gasteiger partial charge in [-0.15, -0.1) is 0 Å². The molecule has 6 heteroatoms. The lowest BCUT2D eigenvalue weighted by molar-refractivity contribution is 0.130. The van der Waals surface area contributed by atoms with Gasteiger partial charge in [0.15, 0.2) is 0 Å². The monoisotopic (exact) mass is 340 g/mol. The molecule has 3 rings (SSSR count). The van der Waals surface area contributed by atoms with Gasteiger partial charge in [-0.25, -0.2) is 9.59 Å². The van der Waals surface area contributed by atoms with Crippen molar-refractivity contribution >= 4 is 12.2 Å². The van der Waals surface area contributed by atoms with Crippen molar-refractivity contribution in [2.75, 3.05) is 19.6 Å². The lowest BCUT2D eigenvalue weighted by Gasteiger charge is -2.13. The first-order chi connectivity index (χ1) is 12.2. The Bertz CT molecular complexity index is 706. The first kappa shape index (κ1) is 16.8. The van der Waals surface area contributed by atoms with Gasteiger partial charge in [0.25, 0.3) is 0 Å². The standard InChI is InChI=1S/C19H20N2O4/c22-18(24-14-15-7-3-1-4-8-15)20-11-12-21-13-17(25-19(21)23)16-9-5-2-6-10-16/h1-10,17H,11-14H2,(H,20,22). The van der Waals surface area contributed by atoms with Crippen molar-refractivity contribution in [3.63, 3.8) is 0 Å². The van der Waals surface area contributed by atoms with E-state index in [1.165, 1.54) is 0 Å². The number of nitrogens with zero attached hydrogens (tertiary/aromatic N) is 1. The van der Waals surface area contributed by atoms with Crippen LogP contribution in [-0.2, 0) is 16.1 Å². The van der Waals surface area contributed by atoms with Gasteiger partial charge in [-0.3, -0.25) is 0 Å². The van der Waals surface area contributed by atoms with E-state index in [-0.39, 0.29) is 18.8 Å². The van der Waals surface area contributed by atoms with E-state index >= 15 is 0 Å². The molecule has 0 radical (unpaired) electrons. The molecule has 1 aliphatic rings. The highest BCUT2D eigenvalue weighted by Gasteiger charge is 2.31. The second-order valence-corrected chi connectivity index (χ2v) is 5.72. The first-order valence-electron chi connectivity index (χ1n) is 8.17. The van der Waals surface area contributed by atoms with Crippen molar-refractivity contribution < 1.29 is 19.1 Å². The molecule has 2 aromatic rings. The molecule has 1 atom stereocenters. The highest BCUT2D eigenvalue weighted by Crippen LogP contribution is 2.25. The summed E-state index contributed by atoms with van der Waals surface area (Å²) < 4.78 is 10.5. The zero-order chi connectivity index (χ0) is 17.5. The summed E-state index contributed by atoms with van der Waals surface area (Å²) in [6, 6.07) is 19.1. The Morgan fingerprint density at radius 1 is 1.12 bits per heavy atom. The predicted molar refractivity (Wildman–Crippen MR) is 91.9 cm³/mol. The molecular weight excluding hydrogens is 320 g/mol. The smallest absolute Gasteiger partial charge is 0.410 e. The topological polar surface area (TPSA) is 67.9 Å². The van der Waals surface area contributed by atoms with Crippen LogP contribution in [0, 0.1) is 0 Å². The number of ether oxygens (including phenoxy) is 2. The molecule has 2 amide bonds. The number of cyclic esters (lactones) is 1. The number of alkyl carbamates (subject to hydrolysis) is 1. The molecule has 0 aromatic heterocycles. The van der Waals surface area contributed by atoms with Gasteiger partial charge in [0.2, 0.25) is 0 Å². The number of benzene rings is 2. The third-order valence-corrected chi connectivity index (χ3v) is 3.92. The summed E-state index contributed by atoms with van der Waals surface area (Å²) in [6.07, 6.45) is -1.14. The average Bonchev–Trinajstić information content (AvgIpc) is 3.02. The van der Waals surface area contributed by atoms with Crippen molar-refractivity contribution in [1.82, 2.24) is 10.2 Å². The number of hydrogen-bond acceptors (Lipinski definition) is 4. The summed E-state index contributed by atoms with van der Waals surface area (Å²) in [5.41, 5.74) is 1.89. The van der Waals surface area contributed by atoms with Crippen LogP contribution in [-0.4, -0.2) is 36.7 Å². The normalized spacial score (nSPS) is 16.4. The van der Waals surface area contributed by atoms with Crippen molar-refractivity contribution in [3.05, 3.63) is 71.8 Å². The number of carbonyl (C=O) groups is 2. The van der Waals surface area contributed by atoms with Crippen LogP contribution in [0.4, 0.5) is 9.59 Å². The molecule has 1 heterocycles. The van der Waals surface area contributed by atoms with Crippen LogP contribution in [0.1, 0.15) is 17.2 Å². The number of carbonyl (C=O) groups excluding carboxylic acids is 2. The summed E-state index contributed by atoms with van der Waals surface area (Å²) in [5, 5.41) is 2.64. The predicted octanol–water partition coefficient (Wildman–Crippen LogP) is 3.11. The quantitative estimate of drug-likeness (QED) is 0.877. The summed E-state index contributed by atoms with van der Waals surface area (Å²) in [5.74, 6) is 0. The average molecular weight is 340 g/mol. The molecular formula is C19H20N2O4.